The van der Waals surface area contributed by atoms with E-state index in [2.05, 4.69) is 15.9 Å². The van der Waals surface area contributed by atoms with Crippen LogP contribution in [-0.2, 0) is 0 Å². The standard InChI is InChI=1S/C15H16BrNO3/c1-18-13-4-2-3-5-14(13)19-8-9-20-15-10-11(17)6-7-12(15)16/h2-7,10H,8-9,17H2,1H3. The minimum Gasteiger partial charge on any atom is -0.493 e. The first-order valence-corrected chi connectivity index (χ1v) is 6.93. The van der Waals surface area contributed by atoms with Gasteiger partial charge in [-0.2, -0.15) is 0 Å². The largest absolute Gasteiger partial charge is 0.493 e. The summed E-state index contributed by atoms with van der Waals surface area (Å²) in [5.74, 6) is 2.11. The van der Waals surface area contributed by atoms with E-state index in [1.165, 1.54) is 0 Å². The van der Waals surface area contributed by atoms with E-state index >= 15 is 0 Å². The quantitative estimate of drug-likeness (QED) is 0.647. The Balaban J connectivity index is 1.86. The Morgan fingerprint density at radius 3 is 2.30 bits per heavy atom. The van der Waals surface area contributed by atoms with Crippen molar-refractivity contribution in [3.8, 4) is 17.2 Å². The molecule has 0 spiro atoms. The van der Waals surface area contributed by atoms with Gasteiger partial charge in [0.15, 0.2) is 11.5 Å². The topological polar surface area (TPSA) is 53.7 Å². The maximum atomic E-state index is 5.71. The monoisotopic (exact) mass is 337 g/mol. The number of nitrogens with two attached hydrogens (primary N) is 1. The second kappa shape index (κ2) is 7.05. The van der Waals surface area contributed by atoms with Crippen molar-refractivity contribution in [3.05, 3.63) is 46.9 Å². The van der Waals surface area contributed by atoms with Gasteiger partial charge in [-0.25, -0.2) is 0 Å². The second-order valence-electron chi connectivity index (χ2n) is 4.04. The number of hydrogen-bond acceptors (Lipinski definition) is 4. The van der Waals surface area contributed by atoms with E-state index in [0.717, 1.165) is 4.47 Å². The highest BCUT2D eigenvalue weighted by atomic mass is 79.9. The molecule has 0 saturated heterocycles. The molecular weight excluding hydrogens is 322 g/mol. The van der Waals surface area contributed by atoms with E-state index in [-0.39, 0.29) is 0 Å². The van der Waals surface area contributed by atoms with Crippen molar-refractivity contribution < 1.29 is 14.2 Å². The highest BCUT2D eigenvalue weighted by Gasteiger charge is 2.04. The van der Waals surface area contributed by atoms with Crippen LogP contribution in [0.1, 0.15) is 0 Å². The molecule has 0 aliphatic rings. The Kier molecular flexibility index (Phi) is 5.12. The van der Waals surface area contributed by atoms with Crippen LogP contribution in [0.25, 0.3) is 0 Å². The first-order chi connectivity index (χ1) is 9.70. The van der Waals surface area contributed by atoms with Gasteiger partial charge in [-0.1, -0.05) is 12.1 Å². The van der Waals surface area contributed by atoms with E-state index in [1.54, 1.807) is 13.2 Å². The molecule has 2 aromatic rings. The molecule has 20 heavy (non-hydrogen) atoms. The maximum absolute atomic E-state index is 5.71. The van der Waals surface area contributed by atoms with E-state index in [0.29, 0.717) is 36.1 Å². The summed E-state index contributed by atoms with van der Waals surface area (Å²) >= 11 is 3.41. The summed E-state index contributed by atoms with van der Waals surface area (Å²) in [6.07, 6.45) is 0. The van der Waals surface area contributed by atoms with E-state index in [9.17, 15) is 0 Å². The molecule has 0 amide bonds. The Hall–Kier alpha value is -1.88. The van der Waals surface area contributed by atoms with Crippen LogP contribution in [0.3, 0.4) is 0 Å². The zero-order valence-electron chi connectivity index (χ0n) is 11.1. The average Bonchev–Trinajstić information content (AvgIpc) is 2.47. The number of halogens is 1. The zero-order valence-corrected chi connectivity index (χ0v) is 12.7. The van der Waals surface area contributed by atoms with Crippen LogP contribution in [0.4, 0.5) is 5.69 Å². The van der Waals surface area contributed by atoms with Gasteiger partial charge in [0.2, 0.25) is 0 Å². The fourth-order valence-corrected chi connectivity index (χ4v) is 2.03. The Morgan fingerprint density at radius 2 is 1.60 bits per heavy atom. The zero-order chi connectivity index (χ0) is 14.4. The molecule has 0 radical (unpaired) electrons. The highest BCUT2D eigenvalue weighted by Crippen LogP contribution is 2.28. The number of ether oxygens (including phenoxy) is 3. The summed E-state index contributed by atoms with van der Waals surface area (Å²) in [5, 5.41) is 0. The molecule has 0 bridgehead atoms. The lowest BCUT2D eigenvalue weighted by atomic mass is 10.3. The lowest BCUT2D eigenvalue weighted by Crippen LogP contribution is -2.10. The third-order valence-corrected chi connectivity index (χ3v) is 3.28. The number of methoxy groups -OCH3 is 1. The number of rotatable bonds is 6. The summed E-state index contributed by atoms with van der Waals surface area (Å²) in [6, 6.07) is 12.9. The smallest absolute Gasteiger partial charge is 0.161 e. The second-order valence-corrected chi connectivity index (χ2v) is 4.89. The predicted octanol–water partition coefficient (Wildman–Crippen LogP) is 3.50. The van der Waals surface area contributed by atoms with Crippen molar-refractivity contribution in [2.24, 2.45) is 0 Å². The SMILES string of the molecule is COc1ccccc1OCCOc1cc(N)ccc1Br. The average molecular weight is 338 g/mol. The Labute approximate surface area is 126 Å². The number of hydrogen-bond donors (Lipinski definition) is 1. The molecule has 4 nitrogen and oxygen atoms in total. The molecule has 0 aliphatic heterocycles. The first-order valence-electron chi connectivity index (χ1n) is 6.14. The van der Waals surface area contributed by atoms with Crippen molar-refractivity contribution >= 4 is 21.6 Å². The molecular formula is C15H16BrNO3. The number of nitrogen functional groups attached to an aromatic ring is 1. The van der Waals surface area contributed by atoms with Crippen LogP contribution in [0.5, 0.6) is 17.2 Å². The summed E-state index contributed by atoms with van der Waals surface area (Å²) < 4.78 is 17.3. The minimum atomic E-state index is 0.417. The van der Waals surface area contributed by atoms with Crippen molar-refractivity contribution in [2.45, 2.75) is 0 Å². The number of benzene rings is 2. The summed E-state index contributed by atoms with van der Waals surface area (Å²) in [4.78, 5) is 0. The van der Waals surface area contributed by atoms with Gasteiger partial charge < -0.3 is 19.9 Å². The van der Waals surface area contributed by atoms with E-state index < -0.39 is 0 Å². The molecule has 2 aromatic carbocycles. The van der Waals surface area contributed by atoms with Crippen LogP contribution in [0, 0.1) is 0 Å². The van der Waals surface area contributed by atoms with E-state index in [1.807, 2.05) is 36.4 Å². The van der Waals surface area contributed by atoms with Crippen LogP contribution < -0.4 is 19.9 Å². The molecule has 0 fully saturated rings. The summed E-state index contributed by atoms with van der Waals surface area (Å²) in [7, 11) is 1.61. The Bertz CT molecular complexity index is 575. The predicted molar refractivity (Wildman–Crippen MR) is 82.5 cm³/mol. The normalized spacial score (nSPS) is 10.1. The lowest BCUT2D eigenvalue weighted by Gasteiger charge is -2.12. The molecule has 0 aromatic heterocycles. The van der Waals surface area contributed by atoms with Gasteiger partial charge in [-0.05, 0) is 40.2 Å². The van der Waals surface area contributed by atoms with Gasteiger partial charge in [0.25, 0.3) is 0 Å². The highest BCUT2D eigenvalue weighted by molar-refractivity contribution is 9.10. The fourth-order valence-electron chi connectivity index (χ4n) is 1.67. The van der Waals surface area contributed by atoms with E-state index in [4.69, 9.17) is 19.9 Å². The van der Waals surface area contributed by atoms with Gasteiger partial charge in [0.1, 0.15) is 19.0 Å². The summed E-state index contributed by atoms with van der Waals surface area (Å²) in [5.41, 5.74) is 6.37. The molecule has 2 rings (SSSR count). The first kappa shape index (κ1) is 14.5. The van der Waals surface area contributed by atoms with Crippen LogP contribution in [0.15, 0.2) is 46.9 Å². The fraction of sp³-hybridized carbons (Fsp3) is 0.200. The van der Waals surface area contributed by atoms with Gasteiger partial charge >= 0.3 is 0 Å². The third-order valence-electron chi connectivity index (χ3n) is 2.62. The van der Waals surface area contributed by atoms with Gasteiger partial charge in [-0.15, -0.1) is 0 Å². The minimum absolute atomic E-state index is 0.417. The van der Waals surface area contributed by atoms with Gasteiger partial charge in [0.05, 0.1) is 11.6 Å². The molecule has 0 atom stereocenters. The lowest BCUT2D eigenvalue weighted by molar-refractivity contribution is 0.210. The van der Waals surface area contributed by atoms with Crippen molar-refractivity contribution in [3.63, 3.8) is 0 Å². The molecule has 0 heterocycles. The molecule has 2 N–H and O–H groups in total. The van der Waals surface area contributed by atoms with Crippen molar-refractivity contribution in [2.75, 3.05) is 26.1 Å². The van der Waals surface area contributed by atoms with Crippen LogP contribution in [-0.4, -0.2) is 20.3 Å². The summed E-state index contributed by atoms with van der Waals surface area (Å²) in [6.45, 7) is 0.835. The molecule has 0 aliphatic carbocycles. The Morgan fingerprint density at radius 1 is 0.950 bits per heavy atom. The van der Waals surface area contributed by atoms with Gasteiger partial charge in [-0.3, -0.25) is 0 Å². The van der Waals surface area contributed by atoms with Gasteiger partial charge in [0, 0.05) is 11.8 Å². The van der Waals surface area contributed by atoms with Crippen LogP contribution >= 0.6 is 15.9 Å². The number of anilines is 1. The van der Waals surface area contributed by atoms with Crippen molar-refractivity contribution in [1.29, 1.82) is 0 Å². The number of para-hydroxylation sites is 2. The molecule has 5 heteroatoms. The van der Waals surface area contributed by atoms with Crippen molar-refractivity contribution in [1.82, 2.24) is 0 Å². The molecule has 0 unspecified atom stereocenters. The maximum Gasteiger partial charge on any atom is 0.161 e. The van der Waals surface area contributed by atoms with Crippen LogP contribution in [0.2, 0.25) is 0 Å². The molecule has 0 saturated carbocycles. The molecule has 106 valence electrons. The third kappa shape index (κ3) is 3.81.